The molecule has 3 rings (SSSR count). The van der Waals surface area contributed by atoms with Gasteiger partial charge >= 0.3 is 23.9 Å². The number of hydrogen-bond donors (Lipinski definition) is 3. The molecule has 3 aromatic rings. The Balaban J connectivity index is 0.000000207. The molecule has 0 saturated heterocycles. The molecule has 148 valence electrons. The Kier molecular flexibility index (Phi) is 6.65. The molecule has 0 unspecified atom stereocenters. The third kappa shape index (κ3) is 5.90. The van der Waals surface area contributed by atoms with Crippen molar-refractivity contribution in [3.63, 3.8) is 0 Å². The Hall–Kier alpha value is -4.20. The van der Waals surface area contributed by atoms with Gasteiger partial charge in [0.2, 0.25) is 0 Å². The highest BCUT2D eigenvalue weighted by atomic mass is 16.5. The van der Waals surface area contributed by atoms with Gasteiger partial charge in [0.15, 0.2) is 0 Å². The van der Waals surface area contributed by atoms with Gasteiger partial charge in [-0.1, -0.05) is 30.3 Å². The van der Waals surface area contributed by atoms with E-state index < -0.39 is 17.9 Å². The lowest BCUT2D eigenvalue weighted by Crippen LogP contribution is -2.07. The summed E-state index contributed by atoms with van der Waals surface area (Å²) in [6, 6.07) is 16.2. The van der Waals surface area contributed by atoms with Gasteiger partial charge in [0.25, 0.3) is 0 Å². The zero-order chi connectivity index (χ0) is 21.6. The van der Waals surface area contributed by atoms with Crippen LogP contribution in [0.3, 0.4) is 0 Å². The summed E-state index contributed by atoms with van der Waals surface area (Å²) >= 11 is 0. The van der Waals surface area contributed by atoms with Gasteiger partial charge in [-0.2, -0.15) is 0 Å². The molecule has 0 atom stereocenters. The fourth-order valence-corrected chi connectivity index (χ4v) is 2.39. The highest BCUT2D eigenvalue weighted by Gasteiger charge is 2.14. The van der Waals surface area contributed by atoms with Gasteiger partial charge in [0, 0.05) is 6.92 Å². The average molecular weight is 396 g/mol. The maximum atomic E-state index is 10.7. The molecule has 3 aromatic carbocycles. The van der Waals surface area contributed by atoms with Crippen molar-refractivity contribution in [1.29, 1.82) is 0 Å². The fourth-order valence-electron chi connectivity index (χ4n) is 2.39. The minimum Gasteiger partial charge on any atom is -0.478 e. The van der Waals surface area contributed by atoms with Crippen LogP contribution in [0.15, 0.2) is 60.7 Å². The van der Waals surface area contributed by atoms with Crippen molar-refractivity contribution < 1.29 is 39.2 Å². The molecule has 8 heteroatoms. The Morgan fingerprint density at radius 2 is 1.10 bits per heavy atom. The molecule has 29 heavy (non-hydrogen) atoms. The topological polar surface area (TPSA) is 138 Å². The van der Waals surface area contributed by atoms with E-state index in [1.54, 1.807) is 6.07 Å². The van der Waals surface area contributed by atoms with Crippen LogP contribution in [0.1, 0.15) is 38.0 Å². The summed E-state index contributed by atoms with van der Waals surface area (Å²) in [6.07, 6.45) is 0. The molecule has 0 heterocycles. The summed E-state index contributed by atoms with van der Waals surface area (Å²) in [5, 5.41) is 28.1. The second-order valence-corrected chi connectivity index (χ2v) is 5.82. The van der Waals surface area contributed by atoms with Gasteiger partial charge in [-0.3, -0.25) is 4.79 Å². The molecule has 0 radical (unpaired) electrons. The van der Waals surface area contributed by atoms with Crippen molar-refractivity contribution in [2.75, 3.05) is 0 Å². The molecule has 8 nitrogen and oxygen atoms in total. The predicted octanol–water partition coefficient (Wildman–Crippen LogP) is 3.55. The fraction of sp³-hybridized carbons (Fsp3) is 0.0476. The number of ether oxygens (including phenoxy) is 1. The van der Waals surface area contributed by atoms with Gasteiger partial charge in [0.05, 0.1) is 16.7 Å². The van der Waals surface area contributed by atoms with Crippen LogP contribution >= 0.6 is 0 Å². The lowest BCUT2D eigenvalue weighted by atomic mass is 10.1. The van der Waals surface area contributed by atoms with Gasteiger partial charge in [-0.05, 0) is 41.1 Å². The number of esters is 1. The standard InChI is InChI=1S/C12H10O2.C9H6O6/c1-9(13)14-12-7-6-10-4-2-3-5-11(10)8-12;10-7(11)4-1-5(8(12)13)3-6(2-4)9(14)15/h2-8H,1H3;1-3H,(H,10,11)(H,12,13)(H,14,15). The van der Waals surface area contributed by atoms with Crippen molar-refractivity contribution >= 4 is 34.6 Å². The molecule has 0 spiro atoms. The normalized spacial score (nSPS) is 9.83. The first-order valence-electron chi connectivity index (χ1n) is 8.19. The van der Waals surface area contributed by atoms with E-state index in [-0.39, 0.29) is 22.7 Å². The van der Waals surface area contributed by atoms with E-state index >= 15 is 0 Å². The molecule has 0 aliphatic heterocycles. The quantitative estimate of drug-likeness (QED) is 0.450. The SMILES string of the molecule is CC(=O)Oc1ccc2ccccc2c1.O=C(O)c1cc(C(=O)O)cc(C(=O)O)c1. The second kappa shape index (κ2) is 9.14. The first-order valence-corrected chi connectivity index (χ1v) is 8.19. The highest BCUT2D eigenvalue weighted by molar-refractivity contribution is 5.98. The molecule has 0 amide bonds. The molecule has 0 aromatic heterocycles. The van der Waals surface area contributed by atoms with Gasteiger partial charge in [0.1, 0.15) is 5.75 Å². The van der Waals surface area contributed by atoms with Gasteiger partial charge < -0.3 is 20.1 Å². The van der Waals surface area contributed by atoms with Crippen LogP contribution in [0.2, 0.25) is 0 Å². The van der Waals surface area contributed by atoms with E-state index in [2.05, 4.69) is 0 Å². The lowest BCUT2D eigenvalue weighted by Gasteiger charge is -2.02. The molecular weight excluding hydrogens is 380 g/mol. The summed E-state index contributed by atoms with van der Waals surface area (Å²) in [4.78, 5) is 42.4. The van der Waals surface area contributed by atoms with Crippen molar-refractivity contribution in [3.05, 3.63) is 77.4 Å². The maximum Gasteiger partial charge on any atom is 0.335 e. The number of carbonyl (C=O) groups is 4. The molecular formula is C21H16O8. The van der Waals surface area contributed by atoms with Gasteiger partial charge in [-0.25, -0.2) is 14.4 Å². The van der Waals surface area contributed by atoms with E-state index in [0.717, 1.165) is 29.0 Å². The van der Waals surface area contributed by atoms with Crippen molar-refractivity contribution in [2.24, 2.45) is 0 Å². The number of carboxylic acids is 3. The number of rotatable bonds is 4. The van der Waals surface area contributed by atoms with Crippen LogP contribution in [0.4, 0.5) is 0 Å². The van der Waals surface area contributed by atoms with Crippen LogP contribution < -0.4 is 4.74 Å². The number of aromatic carboxylic acids is 3. The maximum absolute atomic E-state index is 10.7. The van der Waals surface area contributed by atoms with E-state index in [4.69, 9.17) is 20.1 Å². The third-order valence-corrected chi connectivity index (χ3v) is 3.66. The second-order valence-electron chi connectivity index (χ2n) is 5.82. The predicted molar refractivity (Wildman–Crippen MR) is 103 cm³/mol. The first-order chi connectivity index (χ1) is 13.7. The molecule has 3 N–H and O–H groups in total. The molecule has 0 aliphatic rings. The summed E-state index contributed by atoms with van der Waals surface area (Å²) in [5.41, 5.74) is -1.10. The third-order valence-electron chi connectivity index (χ3n) is 3.66. The van der Waals surface area contributed by atoms with Crippen molar-refractivity contribution in [1.82, 2.24) is 0 Å². The number of fused-ring (bicyclic) bond motifs is 1. The number of carboxylic acid groups (broad SMARTS) is 3. The van der Waals surface area contributed by atoms with Crippen LogP contribution in [0.5, 0.6) is 5.75 Å². The van der Waals surface area contributed by atoms with Crippen LogP contribution in [0.25, 0.3) is 10.8 Å². The van der Waals surface area contributed by atoms with E-state index in [0.29, 0.717) is 5.75 Å². The Morgan fingerprint density at radius 3 is 1.52 bits per heavy atom. The Morgan fingerprint density at radius 1 is 0.655 bits per heavy atom. The summed E-state index contributed by atoms with van der Waals surface area (Å²) < 4.78 is 4.98. The van der Waals surface area contributed by atoms with Gasteiger partial charge in [-0.15, -0.1) is 0 Å². The number of benzene rings is 3. The Labute approximate surface area is 164 Å². The lowest BCUT2D eigenvalue weighted by molar-refractivity contribution is -0.131. The van der Waals surface area contributed by atoms with E-state index in [1.165, 1.54) is 6.92 Å². The van der Waals surface area contributed by atoms with Crippen LogP contribution in [-0.4, -0.2) is 39.2 Å². The summed E-state index contributed by atoms with van der Waals surface area (Å²) in [7, 11) is 0. The molecule has 0 saturated carbocycles. The zero-order valence-electron chi connectivity index (χ0n) is 15.2. The van der Waals surface area contributed by atoms with Crippen LogP contribution in [-0.2, 0) is 4.79 Å². The average Bonchev–Trinajstić information content (AvgIpc) is 2.67. The smallest absolute Gasteiger partial charge is 0.335 e. The largest absolute Gasteiger partial charge is 0.478 e. The van der Waals surface area contributed by atoms with Crippen molar-refractivity contribution in [2.45, 2.75) is 6.92 Å². The molecule has 0 bridgehead atoms. The number of hydrogen-bond acceptors (Lipinski definition) is 5. The van der Waals surface area contributed by atoms with Crippen LogP contribution in [0, 0.1) is 0 Å². The molecule has 0 fully saturated rings. The minimum absolute atomic E-state index is 0.291. The monoisotopic (exact) mass is 396 g/mol. The molecule has 0 aliphatic carbocycles. The zero-order valence-corrected chi connectivity index (χ0v) is 15.2. The van der Waals surface area contributed by atoms with Crippen molar-refractivity contribution in [3.8, 4) is 5.75 Å². The first kappa shape index (κ1) is 21.1. The minimum atomic E-state index is -1.37. The summed E-state index contributed by atoms with van der Waals surface area (Å²) in [5.74, 6) is -3.82. The Bertz CT molecular complexity index is 1020. The van der Waals surface area contributed by atoms with E-state index in [9.17, 15) is 19.2 Å². The highest BCUT2D eigenvalue weighted by Crippen LogP contribution is 2.20. The summed E-state index contributed by atoms with van der Waals surface area (Å²) in [6.45, 7) is 1.40. The number of carbonyl (C=O) groups excluding carboxylic acids is 1. The van der Waals surface area contributed by atoms with E-state index in [1.807, 2.05) is 36.4 Å².